The van der Waals surface area contributed by atoms with Crippen molar-refractivity contribution >= 4 is 69.2 Å². The summed E-state index contributed by atoms with van der Waals surface area (Å²) in [7, 11) is 0. The van der Waals surface area contributed by atoms with E-state index in [1.165, 1.54) is 18.2 Å². The van der Waals surface area contributed by atoms with E-state index < -0.39 is 17.9 Å². The van der Waals surface area contributed by atoms with Gasteiger partial charge in [0.2, 0.25) is 0 Å². The van der Waals surface area contributed by atoms with Crippen LogP contribution in [0.1, 0.15) is 75.8 Å². The molecule has 0 fully saturated rings. The molecule has 7 heterocycles. The Morgan fingerprint density at radius 3 is 1.00 bits per heavy atom. The van der Waals surface area contributed by atoms with Gasteiger partial charge in [-0.3, -0.25) is 0 Å². The van der Waals surface area contributed by atoms with Crippen LogP contribution in [-0.4, -0.2) is 32.9 Å². The van der Waals surface area contributed by atoms with Gasteiger partial charge in [-0.2, -0.15) is 0 Å². The zero-order valence-electron chi connectivity index (χ0n) is 42.2. The van der Waals surface area contributed by atoms with Crippen LogP contribution >= 0.6 is 0 Å². The highest BCUT2D eigenvalue weighted by atomic mass is 16.5. The zero-order chi connectivity index (χ0) is 52.5. The number of ether oxygens (including phenoxy) is 3. The molecule has 78 heavy (non-hydrogen) atoms. The summed E-state index contributed by atoms with van der Waals surface area (Å²) in [5.74, 6) is -2.18. The van der Waals surface area contributed by atoms with Gasteiger partial charge >= 0.3 is 17.9 Å². The van der Waals surface area contributed by atoms with Crippen molar-refractivity contribution in [2.75, 3.05) is 16.0 Å². The number of carbonyl (C=O) groups is 3. The number of benzene rings is 7. The maximum atomic E-state index is 14.1. The number of aromatic nitrogens is 3. The highest BCUT2D eigenvalue weighted by Gasteiger charge is 2.23. The molecule has 0 radical (unpaired) electrons. The maximum absolute atomic E-state index is 14.1. The van der Waals surface area contributed by atoms with Crippen LogP contribution in [0.25, 0.3) is 67.6 Å². The first-order valence-electron chi connectivity index (χ1n) is 25.9. The summed E-state index contributed by atoms with van der Waals surface area (Å²) in [6.07, 6.45) is 4.18. The first-order valence-corrected chi connectivity index (χ1v) is 25.9. The van der Waals surface area contributed by atoms with E-state index in [-0.39, 0.29) is 36.5 Å². The number of nitrogens with one attached hydrogen (secondary N) is 5. The lowest BCUT2D eigenvalue weighted by Gasteiger charge is -2.15. The van der Waals surface area contributed by atoms with Crippen LogP contribution in [0.5, 0.6) is 0 Å². The van der Waals surface area contributed by atoms with Crippen molar-refractivity contribution in [1.29, 1.82) is 0 Å². The molecule has 0 spiro atoms. The van der Waals surface area contributed by atoms with Gasteiger partial charge in [-0.15, -0.1) is 0 Å². The fraction of sp³-hybridized carbons (Fsp3) is 0.0909. The van der Waals surface area contributed by atoms with Crippen LogP contribution in [-0.2, 0) is 53.7 Å². The summed E-state index contributed by atoms with van der Waals surface area (Å²) in [5, 5.41) is 10.9. The SMILES string of the molecule is O=C1OCc2ccccc2CNc2cccc(c2)-c2c3nc(c4c5ccc([nH]5)c(c5ccc2[nH]5)-c2cccc(c2)NCc2ccccc2COC(=O)c2cc1cc(c2)C(=O)OCc1ccccc1CNc1cccc-4c1)C=C3. The first-order chi connectivity index (χ1) is 38.3. The Bertz CT molecular complexity index is 3950. The summed E-state index contributed by atoms with van der Waals surface area (Å²) in [6.45, 7) is 1.02. The van der Waals surface area contributed by atoms with Gasteiger partial charge in [-0.05, 0) is 141 Å². The third-order valence-electron chi connectivity index (χ3n) is 14.6. The van der Waals surface area contributed by atoms with E-state index in [1.54, 1.807) is 0 Å². The van der Waals surface area contributed by atoms with Crippen LogP contribution in [0.2, 0.25) is 0 Å². The second kappa shape index (κ2) is 20.5. The lowest BCUT2D eigenvalue weighted by Crippen LogP contribution is -2.14. The molecule has 3 aromatic heterocycles. The van der Waals surface area contributed by atoms with Gasteiger partial charge in [0.15, 0.2) is 0 Å². The predicted molar refractivity (Wildman–Crippen MR) is 306 cm³/mol. The molecule has 0 saturated carbocycles. The molecule has 18 bridgehead atoms. The van der Waals surface area contributed by atoms with Gasteiger partial charge in [0.05, 0.1) is 28.1 Å². The second-order valence-electron chi connectivity index (χ2n) is 19.5. The quantitative estimate of drug-likeness (QED) is 0.0731. The fourth-order valence-electron chi connectivity index (χ4n) is 10.6. The Balaban J connectivity index is 1.04. The van der Waals surface area contributed by atoms with Crippen molar-refractivity contribution in [3.05, 3.63) is 250 Å². The van der Waals surface area contributed by atoms with Gasteiger partial charge in [-0.1, -0.05) is 109 Å². The summed E-state index contributed by atoms with van der Waals surface area (Å²) in [5.41, 5.74) is 18.6. The topological polar surface area (TPSA) is 159 Å². The lowest BCUT2D eigenvalue weighted by molar-refractivity contribution is 0.0467. The molecular weight excluding hydrogens is 973 g/mol. The van der Waals surface area contributed by atoms with E-state index in [0.29, 0.717) is 19.6 Å². The van der Waals surface area contributed by atoms with E-state index in [1.807, 2.05) is 109 Å². The zero-order valence-corrected chi connectivity index (χ0v) is 42.2. The molecule has 0 saturated heterocycles. The third-order valence-corrected chi connectivity index (χ3v) is 14.6. The number of hydrogen-bond acceptors (Lipinski definition) is 10. The molecule has 5 N–H and O–H groups in total. The minimum Gasteiger partial charge on any atom is -0.457 e. The lowest BCUT2D eigenvalue weighted by atomic mass is 10.0. The monoisotopic (exact) mass is 1020 g/mol. The summed E-state index contributed by atoms with van der Waals surface area (Å²) in [4.78, 5) is 55.6. The number of hydrogen-bond donors (Lipinski definition) is 5. The molecule has 0 atom stereocenters. The number of anilines is 3. The number of fused-ring (bicyclic) bond motifs is 9. The van der Waals surface area contributed by atoms with E-state index in [9.17, 15) is 14.4 Å². The maximum Gasteiger partial charge on any atom is 0.338 e. The number of aromatic amines is 2. The molecule has 4 aliphatic heterocycles. The van der Waals surface area contributed by atoms with E-state index >= 15 is 0 Å². The van der Waals surface area contributed by atoms with Crippen LogP contribution in [0.4, 0.5) is 17.1 Å². The van der Waals surface area contributed by atoms with Gasteiger partial charge in [0.1, 0.15) is 19.8 Å². The number of H-pyrrole nitrogens is 2. The van der Waals surface area contributed by atoms with E-state index in [0.717, 1.165) is 117 Å². The smallest absolute Gasteiger partial charge is 0.338 e. The van der Waals surface area contributed by atoms with Gasteiger partial charge < -0.3 is 40.1 Å². The van der Waals surface area contributed by atoms with Gasteiger partial charge in [0.25, 0.3) is 0 Å². The number of carbonyl (C=O) groups excluding carboxylic acids is 3. The average molecular weight is 1020 g/mol. The van der Waals surface area contributed by atoms with Crippen molar-refractivity contribution in [2.24, 2.45) is 0 Å². The Kier molecular flexibility index (Phi) is 12.5. The molecule has 12 nitrogen and oxygen atoms in total. The molecule has 7 aromatic carbocycles. The highest BCUT2D eigenvalue weighted by Crippen LogP contribution is 2.39. The Morgan fingerprint density at radius 1 is 0.321 bits per heavy atom. The van der Waals surface area contributed by atoms with Crippen LogP contribution in [0.15, 0.2) is 188 Å². The second-order valence-corrected chi connectivity index (χ2v) is 19.5. The summed E-state index contributed by atoms with van der Waals surface area (Å²) >= 11 is 0. The highest BCUT2D eigenvalue weighted by molar-refractivity contribution is 6.02. The van der Waals surface area contributed by atoms with Crippen molar-refractivity contribution in [3.8, 4) is 33.4 Å². The average Bonchev–Trinajstić information content (AvgIpc) is 4.36. The Hall–Kier alpha value is -10.2. The van der Waals surface area contributed by atoms with Crippen LogP contribution in [0.3, 0.4) is 0 Å². The van der Waals surface area contributed by atoms with Crippen molar-refractivity contribution < 1.29 is 28.6 Å². The molecule has 0 aliphatic carbocycles. The van der Waals surface area contributed by atoms with Crippen molar-refractivity contribution in [1.82, 2.24) is 15.0 Å². The predicted octanol–water partition coefficient (Wildman–Crippen LogP) is 14.2. The normalized spacial score (nSPS) is 14.0. The van der Waals surface area contributed by atoms with Crippen LogP contribution < -0.4 is 16.0 Å². The van der Waals surface area contributed by atoms with Crippen molar-refractivity contribution in [3.63, 3.8) is 0 Å². The molecule has 14 rings (SSSR count). The fourth-order valence-corrected chi connectivity index (χ4v) is 10.6. The largest absolute Gasteiger partial charge is 0.457 e. The minimum absolute atomic E-state index is 0.00560. The van der Waals surface area contributed by atoms with Crippen LogP contribution in [0, 0.1) is 0 Å². The minimum atomic E-state index is -0.728. The molecule has 0 unspecified atom stereocenters. The standard InChI is InChI=1S/C66H50N6O6/c73-64-49-28-50-30-51(29-49)66(75)78-39-48-15-6-3-12-45(48)36-69-54-21-9-18-42(33-54)63-58-25-23-56(71-58)61(40-16-7-19-52(31-40)67-34-43-10-1-4-13-46(43)37-76-64)55-22-24-57(70-55)62(59-26-27-60(63)72-59)41-17-8-20-53(32-41)68-35-44-11-2-5-14-47(44)38-77-65(50)74/h1-33,67-71H,34-39H2. The number of nitrogens with zero attached hydrogens (tertiary/aromatic N) is 1. The molecular formula is C66H50N6O6. The summed E-state index contributed by atoms with van der Waals surface area (Å²) in [6, 6.07) is 60.9. The first kappa shape index (κ1) is 47.5. The van der Waals surface area contributed by atoms with Crippen molar-refractivity contribution in [2.45, 2.75) is 39.5 Å². The molecule has 4 aliphatic rings. The Labute approximate surface area is 449 Å². The van der Waals surface area contributed by atoms with E-state index in [4.69, 9.17) is 19.2 Å². The Morgan fingerprint density at radius 2 is 0.641 bits per heavy atom. The summed E-state index contributed by atoms with van der Waals surface area (Å²) < 4.78 is 18.0. The molecule has 12 heteroatoms. The number of esters is 3. The molecule has 380 valence electrons. The van der Waals surface area contributed by atoms with Gasteiger partial charge in [-0.25, -0.2) is 19.4 Å². The molecule has 10 aromatic rings. The van der Waals surface area contributed by atoms with E-state index in [2.05, 4.69) is 98.7 Å². The van der Waals surface area contributed by atoms with Gasteiger partial charge in [0, 0.05) is 75.5 Å². The molecule has 0 amide bonds. The number of rotatable bonds is 0. The third kappa shape index (κ3) is 9.58.